The van der Waals surface area contributed by atoms with E-state index in [-0.39, 0.29) is 11.6 Å². The largest absolute Gasteiger partial charge is 0.505 e. The van der Waals surface area contributed by atoms with Gasteiger partial charge in [0.1, 0.15) is 5.69 Å². The smallest absolute Gasteiger partial charge is 0.248 e. The second kappa shape index (κ2) is 5.61. The molecule has 0 bridgehead atoms. The van der Waals surface area contributed by atoms with Crippen molar-refractivity contribution < 1.29 is 9.90 Å². The number of hydrogen-bond donors (Lipinski definition) is 2. The van der Waals surface area contributed by atoms with Gasteiger partial charge in [-0.2, -0.15) is 0 Å². The monoisotopic (exact) mass is 292 g/mol. The summed E-state index contributed by atoms with van der Waals surface area (Å²) in [5.74, 6) is -0.274. The average molecular weight is 292 g/mol. The number of aromatic hydroxyl groups is 1. The van der Waals surface area contributed by atoms with Crippen LogP contribution in [0.15, 0.2) is 65.0 Å². The molecule has 0 fully saturated rings. The van der Waals surface area contributed by atoms with E-state index < -0.39 is 5.91 Å². The van der Waals surface area contributed by atoms with Crippen LogP contribution in [0.2, 0.25) is 0 Å². The number of nitrogens with zero attached hydrogens (tertiary/aromatic N) is 3. The third kappa shape index (κ3) is 2.62. The van der Waals surface area contributed by atoms with Gasteiger partial charge in [-0.3, -0.25) is 4.79 Å². The van der Waals surface area contributed by atoms with E-state index in [1.165, 1.54) is 18.3 Å². The van der Waals surface area contributed by atoms with Crippen molar-refractivity contribution in [3.8, 4) is 5.75 Å². The van der Waals surface area contributed by atoms with Gasteiger partial charge in [0.2, 0.25) is 5.91 Å². The van der Waals surface area contributed by atoms with Crippen LogP contribution < -0.4 is 5.73 Å². The van der Waals surface area contributed by atoms with Crippen LogP contribution in [0.4, 0.5) is 11.5 Å². The SMILES string of the molecule is NC(=O)c1ccnc(N=Nc2ccc3ccccc3c2O)c1. The fraction of sp³-hybridized carbons (Fsp3) is 0. The van der Waals surface area contributed by atoms with Crippen molar-refractivity contribution in [3.05, 3.63) is 60.3 Å². The van der Waals surface area contributed by atoms with Crippen LogP contribution in [0.3, 0.4) is 0 Å². The first-order valence-corrected chi connectivity index (χ1v) is 6.53. The Hall–Kier alpha value is -3.28. The molecule has 0 spiro atoms. The Kier molecular flexibility index (Phi) is 3.49. The number of primary amides is 1. The molecule has 0 radical (unpaired) electrons. The van der Waals surface area contributed by atoms with Crippen LogP contribution in [0.25, 0.3) is 10.8 Å². The highest BCUT2D eigenvalue weighted by atomic mass is 16.3. The maximum absolute atomic E-state index is 11.1. The van der Waals surface area contributed by atoms with Crippen molar-refractivity contribution in [2.24, 2.45) is 16.0 Å². The number of hydrogen-bond acceptors (Lipinski definition) is 5. The van der Waals surface area contributed by atoms with Gasteiger partial charge in [-0.15, -0.1) is 10.2 Å². The molecule has 0 aliphatic heterocycles. The average Bonchev–Trinajstić information content (AvgIpc) is 2.55. The number of nitrogens with two attached hydrogens (primary N) is 1. The number of benzene rings is 2. The molecule has 1 aromatic heterocycles. The highest BCUT2D eigenvalue weighted by molar-refractivity contribution is 5.93. The molecule has 0 atom stereocenters. The van der Waals surface area contributed by atoms with E-state index in [1.54, 1.807) is 12.1 Å². The molecule has 0 saturated heterocycles. The number of phenols is 1. The Morgan fingerprint density at radius 2 is 1.91 bits per heavy atom. The number of phenolic OH excluding ortho intramolecular Hbond substituents is 1. The second-order valence-corrected chi connectivity index (χ2v) is 4.62. The van der Waals surface area contributed by atoms with Gasteiger partial charge in [-0.25, -0.2) is 4.98 Å². The first-order valence-electron chi connectivity index (χ1n) is 6.53. The topological polar surface area (TPSA) is 101 Å². The quantitative estimate of drug-likeness (QED) is 0.723. The Morgan fingerprint density at radius 1 is 1.09 bits per heavy atom. The summed E-state index contributed by atoms with van der Waals surface area (Å²) >= 11 is 0. The summed E-state index contributed by atoms with van der Waals surface area (Å²) in [6.45, 7) is 0. The first kappa shape index (κ1) is 13.7. The lowest BCUT2D eigenvalue weighted by Crippen LogP contribution is -2.10. The molecule has 3 N–H and O–H groups in total. The van der Waals surface area contributed by atoms with Crippen molar-refractivity contribution in [1.82, 2.24) is 4.98 Å². The van der Waals surface area contributed by atoms with Crippen molar-refractivity contribution >= 4 is 28.2 Å². The van der Waals surface area contributed by atoms with Crippen molar-refractivity contribution in [3.63, 3.8) is 0 Å². The molecule has 0 aliphatic carbocycles. The summed E-state index contributed by atoms with van der Waals surface area (Å²) in [5.41, 5.74) is 5.82. The van der Waals surface area contributed by atoms with Crippen molar-refractivity contribution in [1.29, 1.82) is 0 Å². The van der Waals surface area contributed by atoms with Gasteiger partial charge in [0.05, 0.1) is 0 Å². The number of aromatic nitrogens is 1. The van der Waals surface area contributed by atoms with Crippen LogP contribution in [0, 0.1) is 0 Å². The summed E-state index contributed by atoms with van der Waals surface area (Å²) in [5, 5.41) is 19.7. The van der Waals surface area contributed by atoms with E-state index in [0.29, 0.717) is 16.6 Å². The molecule has 3 rings (SSSR count). The predicted molar refractivity (Wildman–Crippen MR) is 82.5 cm³/mol. The van der Waals surface area contributed by atoms with E-state index >= 15 is 0 Å². The van der Waals surface area contributed by atoms with E-state index in [9.17, 15) is 9.90 Å². The summed E-state index contributed by atoms with van der Waals surface area (Å²) in [6.07, 6.45) is 1.43. The molecule has 3 aromatic rings. The fourth-order valence-corrected chi connectivity index (χ4v) is 2.06. The lowest BCUT2D eigenvalue weighted by molar-refractivity contribution is 0.1000. The summed E-state index contributed by atoms with van der Waals surface area (Å²) in [4.78, 5) is 15.1. The standard InChI is InChI=1S/C16H12N4O2/c17-16(22)11-7-8-18-14(9-11)20-19-13-6-5-10-3-1-2-4-12(10)15(13)21/h1-9,21H,(H2,17,22). The van der Waals surface area contributed by atoms with Gasteiger partial charge < -0.3 is 10.8 Å². The lowest BCUT2D eigenvalue weighted by atomic mass is 10.1. The normalized spacial score (nSPS) is 11.1. The van der Waals surface area contributed by atoms with Crippen LogP contribution in [-0.4, -0.2) is 16.0 Å². The highest BCUT2D eigenvalue weighted by Crippen LogP contribution is 2.35. The highest BCUT2D eigenvalue weighted by Gasteiger charge is 2.06. The molecule has 2 aromatic carbocycles. The first-order chi connectivity index (χ1) is 10.6. The Bertz CT molecular complexity index is 890. The molecule has 108 valence electrons. The molecule has 0 aliphatic rings. The number of azo groups is 1. The van der Waals surface area contributed by atoms with Crippen LogP contribution in [-0.2, 0) is 0 Å². The lowest BCUT2D eigenvalue weighted by Gasteiger charge is -2.03. The van der Waals surface area contributed by atoms with Gasteiger partial charge in [-0.1, -0.05) is 30.3 Å². The summed E-state index contributed by atoms with van der Waals surface area (Å²) < 4.78 is 0. The number of pyridine rings is 1. The van der Waals surface area contributed by atoms with E-state index in [0.717, 1.165) is 5.39 Å². The molecular formula is C16H12N4O2. The Labute approximate surface area is 125 Å². The third-order valence-corrected chi connectivity index (χ3v) is 3.17. The fourth-order valence-electron chi connectivity index (χ4n) is 2.06. The Balaban J connectivity index is 1.97. The van der Waals surface area contributed by atoms with Gasteiger partial charge in [-0.05, 0) is 23.6 Å². The number of fused-ring (bicyclic) bond motifs is 1. The molecule has 0 unspecified atom stereocenters. The zero-order chi connectivity index (χ0) is 15.5. The van der Waals surface area contributed by atoms with E-state index in [4.69, 9.17) is 5.73 Å². The molecule has 0 saturated carbocycles. The zero-order valence-corrected chi connectivity index (χ0v) is 11.5. The maximum Gasteiger partial charge on any atom is 0.248 e. The molecule has 6 heteroatoms. The minimum absolute atomic E-state index is 0.0490. The van der Waals surface area contributed by atoms with Crippen LogP contribution >= 0.6 is 0 Å². The van der Waals surface area contributed by atoms with Gasteiger partial charge in [0.15, 0.2) is 11.6 Å². The molecular weight excluding hydrogens is 280 g/mol. The predicted octanol–water partition coefficient (Wildman–Crippen LogP) is 3.45. The summed E-state index contributed by atoms with van der Waals surface area (Å²) in [7, 11) is 0. The molecule has 22 heavy (non-hydrogen) atoms. The van der Waals surface area contributed by atoms with Crippen molar-refractivity contribution in [2.45, 2.75) is 0 Å². The number of carbonyl (C=O) groups excluding carboxylic acids is 1. The van der Waals surface area contributed by atoms with Gasteiger partial charge in [0, 0.05) is 17.1 Å². The Morgan fingerprint density at radius 3 is 2.73 bits per heavy atom. The van der Waals surface area contributed by atoms with Crippen LogP contribution in [0.5, 0.6) is 5.75 Å². The third-order valence-electron chi connectivity index (χ3n) is 3.17. The van der Waals surface area contributed by atoms with E-state index in [1.807, 2.05) is 24.3 Å². The number of carbonyl (C=O) groups is 1. The minimum atomic E-state index is -0.563. The molecule has 1 heterocycles. The number of amides is 1. The number of rotatable bonds is 3. The molecule has 6 nitrogen and oxygen atoms in total. The van der Waals surface area contributed by atoms with Crippen LogP contribution in [0.1, 0.15) is 10.4 Å². The molecule has 1 amide bonds. The van der Waals surface area contributed by atoms with Gasteiger partial charge >= 0.3 is 0 Å². The van der Waals surface area contributed by atoms with Gasteiger partial charge in [0.25, 0.3) is 0 Å². The minimum Gasteiger partial charge on any atom is -0.505 e. The summed E-state index contributed by atoms with van der Waals surface area (Å²) in [6, 6.07) is 13.9. The maximum atomic E-state index is 11.1. The van der Waals surface area contributed by atoms with Crippen molar-refractivity contribution in [2.75, 3.05) is 0 Å². The second-order valence-electron chi connectivity index (χ2n) is 4.62. The van der Waals surface area contributed by atoms with E-state index in [2.05, 4.69) is 15.2 Å². The zero-order valence-electron chi connectivity index (χ0n) is 11.5.